The fourth-order valence-corrected chi connectivity index (χ4v) is 3.65. The molecule has 116 valence electrons. The van der Waals surface area contributed by atoms with Gasteiger partial charge in [0, 0.05) is 18.7 Å². The Labute approximate surface area is 122 Å². The lowest BCUT2D eigenvalue weighted by molar-refractivity contribution is -0.385. The van der Waals surface area contributed by atoms with Gasteiger partial charge in [-0.3, -0.25) is 14.9 Å². The standard InChI is InChI=1S/C12H16N2O6S/c1-4-13(12(2,3)11(15)16)21(19,20)10-7-5-6-9(8-10)14(17)18/h5-8H,4H2,1-3H3,(H,15,16). The van der Waals surface area contributed by atoms with E-state index in [1.54, 1.807) is 0 Å². The van der Waals surface area contributed by atoms with Crippen LogP contribution in [0.5, 0.6) is 0 Å². The van der Waals surface area contributed by atoms with Gasteiger partial charge in [0.1, 0.15) is 5.54 Å². The van der Waals surface area contributed by atoms with Crippen molar-refractivity contribution in [3.05, 3.63) is 34.4 Å². The van der Waals surface area contributed by atoms with Gasteiger partial charge in [-0.2, -0.15) is 4.31 Å². The minimum atomic E-state index is -4.16. The van der Waals surface area contributed by atoms with E-state index in [1.807, 2.05) is 0 Å². The molecule has 0 aliphatic heterocycles. The molecule has 0 heterocycles. The van der Waals surface area contributed by atoms with Crippen molar-refractivity contribution in [3.8, 4) is 0 Å². The SMILES string of the molecule is CCN(C(C)(C)C(=O)O)S(=O)(=O)c1cccc([N+](=O)[O-])c1. The number of aliphatic carboxylic acids is 1. The summed E-state index contributed by atoms with van der Waals surface area (Å²) in [7, 11) is -4.16. The highest BCUT2D eigenvalue weighted by atomic mass is 32.2. The van der Waals surface area contributed by atoms with E-state index in [2.05, 4.69) is 0 Å². The number of sulfonamides is 1. The first-order chi connectivity index (χ1) is 9.55. The van der Waals surface area contributed by atoms with E-state index in [0.717, 1.165) is 16.4 Å². The first-order valence-corrected chi connectivity index (χ1v) is 7.49. The third-order valence-electron chi connectivity index (χ3n) is 3.05. The smallest absolute Gasteiger partial charge is 0.324 e. The third kappa shape index (κ3) is 3.19. The maximum atomic E-state index is 12.5. The predicted octanol–water partition coefficient (Wildman–Crippen LogP) is 1.47. The van der Waals surface area contributed by atoms with Crippen LogP contribution in [0.25, 0.3) is 0 Å². The van der Waals surface area contributed by atoms with Gasteiger partial charge in [0.2, 0.25) is 10.0 Å². The zero-order valence-electron chi connectivity index (χ0n) is 11.8. The van der Waals surface area contributed by atoms with E-state index in [9.17, 15) is 28.4 Å². The van der Waals surface area contributed by atoms with Crippen LogP contribution in [0.15, 0.2) is 29.2 Å². The Bertz CT molecular complexity index is 668. The summed E-state index contributed by atoms with van der Waals surface area (Å²) in [4.78, 5) is 21.0. The van der Waals surface area contributed by atoms with Crippen LogP contribution in [0, 0.1) is 10.1 Å². The topological polar surface area (TPSA) is 118 Å². The van der Waals surface area contributed by atoms with Crippen LogP contribution in [-0.4, -0.2) is 40.8 Å². The van der Waals surface area contributed by atoms with Crippen LogP contribution in [0.1, 0.15) is 20.8 Å². The van der Waals surface area contributed by atoms with Crippen LogP contribution >= 0.6 is 0 Å². The minimum Gasteiger partial charge on any atom is -0.480 e. The molecule has 0 saturated carbocycles. The first-order valence-electron chi connectivity index (χ1n) is 6.05. The summed E-state index contributed by atoms with van der Waals surface area (Å²) >= 11 is 0. The predicted molar refractivity (Wildman–Crippen MR) is 74.4 cm³/mol. The van der Waals surface area contributed by atoms with Crippen molar-refractivity contribution in [3.63, 3.8) is 0 Å². The Hall–Kier alpha value is -2.00. The van der Waals surface area contributed by atoms with Gasteiger partial charge in [-0.15, -0.1) is 0 Å². The average Bonchev–Trinajstić information content (AvgIpc) is 2.38. The van der Waals surface area contributed by atoms with Crippen LogP contribution in [-0.2, 0) is 14.8 Å². The molecular formula is C12H16N2O6S. The summed E-state index contributed by atoms with van der Waals surface area (Å²) < 4.78 is 25.9. The number of hydrogen-bond acceptors (Lipinski definition) is 5. The molecule has 0 saturated heterocycles. The summed E-state index contributed by atoms with van der Waals surface area (Å²) in [6, 6.07) is 4.52. The molecule has 0 aliphatic rings. The van der Waals surface area contributed by atoms with E-state index >= 15 is 0 Å². The Morgan fingerprint density at radius 1 is 1.43 bits per heavy atom. The molecule has 1 rings (SSSR count). The molecule has 21 heavy (non-hydrogen) atoms. The molecule has 0 spiro atoms. The van der Waals surface area contributed by atoms with Gasteiger partial charge in [0.05, 0.1) is 9.82 Å². The maximum Gasteiger partial charge on any atom is 0.324 e. The van der Waals surface area contributed by atoms with E-state index in [-0.39, 0.29) is 17.1 Å². The molecule has 0 aliphatic carbocycles. The highest BCUT2D eigenvalue weighted by Gasteiger charge is 2.42. The third-order valence-corrected chi connectivity index (χ3v) is 5.20. The zero-order valence-corrected chi connectivity index (χ0v) is 12.6. The average molecular weight is 316 g/mol. The van der Waals surface area contributed by atoms with Crippen LogP contribution in [0.4, 0.5) is 5.69 Å². The number of hydrogen-bond donors (Lipinski definition) is 1. The molecule has 1 aromatic rings. The molecular weight excluding hydrogens is 300 g/mol. The Balaban J connectivity index is 3.42. The Morgan fingerprint density at radius 2 is 2.00 bits per heavy atom. The van der Waals surface area contributed by atoms with Crippen LogP contribution in [0.2, 0.25) is 0 Å². The molecule has 0 radical (unpaired) electrons. The lowest BCUT2D eigenvalue weighted by Crippen LogP contribution is -2.52. The minimum absolute atomic E-state index is 0.0790. The molecule has 1 N–H and O–H groups in total. The van der Waals surface area contributed by atoms with Crippen molar-refractivity contribution < 1.29 is 23.2 Å². The largest absolute Gasteiger partial charge is 0.480 e. The maximum absolute atomic E-state index is 12.5. The molecule has 0 atom stereocenters. The number of nitro groups is 1. The van der Waals surface area contributed by atoms with E-state index in [0.29, 0.717) is 0 Å². The second kappa shape index (κ2) is 5.78. The second-order valence-electron chi connectivity index (χ2n) is 4.79. The lowest BCUT2D eigenvalue weighted by atomic mass is 10.1. The highest BCUT2D eigenvalue weighted by molar-refractivity contribution is 7.89. The van der Waals surface area contributed by atoms with Crippen molar-refractivity contribution in [2.24, 2.45) is 0 Å². The molecule has 8 nitrogen and oxygen atoms in total. The summed E-state index contributed by atoms with van der Waals surface area (Å²) in [5.41, 5.74) is -2.04. The van der Waals surface area contributed by atoms with Crippen LogP contribution in [0.3, 0.4) is 0 Å². The number of nitrogens with zero attached hydrogens (tertiary/aromatic N) is 2. The molecule has 0 aromatic heterocycles. The molecule has 1 aromatic carbocycles. The number of nitro benzene ring substituents is 1. The van der Waals surface area contributed by atoms with Gasteiger partial charge in [-0.05, 0) is 19.9 Å². The normalized spacial score (nSPS) is 12.4. The van der Waals surface area contributed by atoms with Gasteiger partial charge in [0.25, 0.3) is 5.69 Å². The fraction of sp³-hybridized carbons (Fsp3) is 0.417. The number of carboxylic acid groups (broad SMARTS) is 1. The lowest BCUT2D eigenvalue weighted by Gasteiger charge is -2.32. The van der Waals surface area contributed by atoms with Crippen LogP contribution < -0.4 is 0 Å². The highest BCUT2D eigenvalue weighted by Crippen LogP contribution is 2.26. The van der Waals surface area contributed by atoms with Gasteiger partial charge in [0.15, 0.2) is 0 Å². The number of benzene rings is 1. The van der Waals surface area contributed by atoms with Gasteiger partial charge in [-0.25, -0.2) is 8.42 Å². The molecule has 0 unspecified atom stereocenters. The monoisotopic (exact) mass is 316 g/mol. The second-order valence-corrected chi connectivity index (χ2v) is 6.65. The molecule has 0 fully saturated rings. The number of non-ortho nitro benzene ring substituents is 1. The quantitative estimate of drug-likeness (QED) is 0.627. The summed E-state index contributed by atoms with van der Waals surface area (Å²) in [6.07, 6.45) is 0. The Kier molecular flexibility index (Phi) is 4.69. The summed E-state index contributed by atoms with van der Waals surface area (Å²) in [5, 5.41) is 19.9. The van der Waals surface area contributed by atoms with Crippen molar-refractivity contribution in [1.29, 1.82) is 0 Å². The number of rotatable bonds is 6. The van der Waals surface area contributed by atoms with Gasteiger partial charge in [-0.1, -0.05) is 13.0 Å². The van der Waals surface area contributed by atoms with E-state index < -0.39 is 26.5 Å². The first kappa shape index (κ1) is 17.1. The van der Waals surface area contributed by atoms with Crippen molar-refractivity contribution >= 4 is 21.7 Å². The van der Waals surface area contributed by atoms with Crippen molar-refractivity contribution in [2.75, 3.05) is 6.54 Å². The molecule has 0 bridgehead atoms. The molecule has 0 amide bonds. The van der Waals surface area contributed by atoms with E-state index in [4.69, 9.17) is 0 Å². The number of likely N-dealkylation sites (N-methyl/N-ethyl adjacent to an activating group) is 1. The van der Waals surface area contributed by atoms with Crippen molar-refractivity contribution in [2.45, 2.75) is 31.2 Å². The zero-order chi connectivity index (χ0) is 16.4. The number of carbonyl (C=O) groups is 1. The summed E-state index contributed by atoms with van der Waals surface area (Å²) in [5.74, 6) is -1.31. The van der Waals surface area contributed by atoms with E-state index in [1.165, 1.54) is 32.9 Å². The Morgan fingerprint density at radius 3 is 2.43 bits per heavy atom. The van der Waals surface area contributed by atoms with Gasteiger partial charge >= 0.3 is 5.97 Å². The summed E-state index contributed by atoms with van der Waals surface area (Å²) in [6.45, 7) is 3.94. The molecule has 9 heteroatoms. The number of carboxylic acids is 1. The van der Waals surface area contributed by atoms with Gasteiger partial charge < -0.3 is 5.11 Å². The fourth-order valence-electron chi connectivity index (χ4n) is 1.86. The van der Waals surface area contributed by atoms with Crippen molar-refractivity contribution in [1.82, 2.24) is 4.31 Å².